The van der Waals surface area contributed by atoms with E-state index in [9.17, 15) is 0 Å². The quantitative estimate of drug-likeness (QED) is 0.772. The molecule has 0 saturated heterocycles. The largest absolute Gasteiger partial charge is 0.314 e. The van der Waals surface area contributed by atoms with E-state index < -0.39 is 0 Å². The van der Waals surface area contributed by atoms with Crippen molar-refractivity contribution >= 4 is 0 Å². The van der Waals surface area contributed by atoms with Crippen LogP contribution < -0.4 is 5.32 Å². The smallest absolute Gasteiger partial charge is 0.00721 e. The van der Waals surface area contributed by atoms with Crippen molar-refractivity contribution in [1.82, 2.24) is 5.32 Å². The molecule has 1 aliphatic carbocycles. The summed E-state index contributed by atoms with van der Waals surface area (Å²) in [5.74, 6) is 1.81. The van der Waals surface area contributed by atoms with Crippen LogP contribution in [0.3, 0.4) is 0 Å². The molecule has 1 aromatic rings. The maximum absolute atomic E-state index is 3.75. The van der Waals surface area contributed by atoms with Gasteiger partial charge in [0.1, 0.15) is 0 Å². The molecule has 1 nitrogen and oxygen atoms in total. The van der Waals surface area contributed by atoms with Crippen molar-refractivity contribution in [2.45, 2.75) is 52.0 Å². The van der Waals surface area contributed by atoms with Crippen molar-refractivity contribution in [2.24, 2.45) is 11.8 Å². The maximum atomic E-state index is 3.75. The molecule has 1 N–H and O–H groups in total. The first-order valence-corrected chi connectivity index (χ1v) is 7.51. The zero-order valence-corrected chi connectivity index (χ0v) is 11.9. The molecule has 0 spiro atoms. The fourth-order valence-electron chi connectivity index (χ4n) is 3.36. The molecular formula is C17H27N. The second kappa shape index (κ2) is 6.94. The molecule has 1 aliphatic rings. The van der Waals surface area contributed by atoms with Gasteiger partial charge in [-0.3, -0.25) is 0 Å². The van der Waals surface area contributed by atoms with Crippen molar-refractivity contribution < 1.29 is 0 Å². The number of aryl methyl sites for hydroxylation is 1. The van der Waals surface area contributed by atoms with E-state index in [4.69, 9.17) is 0 Å². The first kappa shape index (κ1) is 13.6. The lowest BCUT2D eigenvalue weighted by Crippen LogP contribution is -2.36. The van der Waals surface area contributed by atoms with Crippen LogP contribution in [-0.4, -0.2) is 12.6 Å². The molecule has 1 heteroatoms. The van der Waals surface area contributed by atoms with Gasteiger partial charge in [0, 0.05) is 6.04 Å². The van der Waals surface area contributed by atoms with Crippen LogP contribution in [0.15, 0.2) is 30.3 Å². The molecule has 0 aliphatic heterocycles. The van der Waals surface area contributed by atoms with Gasteiger partial charge in [-0.25, -0.2) is 0 Å². The third-order valence-corrected chi connectivity index (χ3v) is 4.10. The summed E-state index contributed by atoms with van der Waals surface area (Å²) in [6, 6.07) is 11.6. The number of hydrogen-bond acceptors (Lipinski definition) is 1. The van der Waals surface area contributed by atoms with Gasteiger partial charge in [0.2, 0.25) is 0 Å². The van der Waals surface area contributed by atoms with E-state index in [1.807, 2.05) is 0 Å². The summed E-state index contributed by atoms with van der Waals surface area (Å²) in [5.41, 5.74) is 1.46. The van der Waals surface area contributed by atoms with Crippen molar-refractivity contribution in [2.75, 3.05) is 6.54 Å². The Hall–Kier alpha value is -0.820. The van der Waals surface area contributed by atoms with E-state index in [0.29, 0.717) is 0 Å². The summed E-state index contributed by atoms with van der Waals surface area (Å²) in [7, 11) is 0. The highest BCUT2D eigenvalue weighted by Gasteiger charge is 2.22. The monoisotopic (exact) mass is 245 g/mol. The molecular weight excluding hydrogens is 218 g/mol. The van der Waals surface area contributed by atoms with Gasteiger partial charge in [-0.15, -0.1) is 0 Å². The van der Waals surface area contributed by atoms with Gasteiger partial charge < -0.3 is 5.32 Å². The second-order valence-electron chi connectivity index (χ2n) is 6.16. The molecule has 1 fully saturated rings. The predicted octanol–water partition coefficient (Wildman–Crippen LogP) is 4.03. The van der Waals surface area contributed by atoms with Crippen LogP contribution in [0.4, 0.5) is 0 Å². The third kappa shape index (κ3) is 4.45. The van der Waals surface area contributed by atoms with Crippen LogP contribution in [-0.2, 0) is 6.42 Å². The first-order chi connectivity index (χ1) is 8.74. The Morgan fingerprint density at radius 1 is 1.00 bits per heavy atom. The molecule has 0 heterocycles. The molecule has 0 bridgehead atoms. The highest BCUT2D eigenvalue weighted by molar-refractivity contribution is 5.14. The number of benzene rings is 1. The molecule has 1 saturated carbocycles. The van der Waals surface area contributed by atoms with E-state index >= 15 is 0 Å². The third-order valence-electron chi connectivity index (χ3n) is 4.10. The van der Waals surface area contributed by atoms with Gasteiger partial charge in [-0.05, 0) is 56.0 Å². The molecule has 100 valence electrons. The Labute approximate surface area is 112 Å². The maximum Gasteiger partial charge on any atom is 0.00721 e. The summed E-state index contributed by atoms with van der Waals surface area (Å²) in [6.45, 7) is 5.96. The van der Waals surface area contributed by atoms with Crippen LogP contribution in [0, 0.1) is 11.8 Å². The molecule has 18 heavy (non-hydrogen) atoms. The lowest BCUT2D eigenvalue weighted by atomic mass is 9.80. The van der Waals surface area contributed by atoms with Crippen LogP contribution in [0.5, 0.6) is 0 Å². The van der Waals surface area contributed by atoms with Gasteiger partial charge in [0.15, 0.2) is 0 Å². The lowest BCUT2D eigenvalue weighted by molar-refractivity contribution is 0.239. The average molecular weight is 245 g/mol. The molecule has 1 aromatic carbocycles. The molecule has 2 unspecified atom stereocenters. The summed E-state index contributed by atoms with van der Waals surface area (Å²) in [4.78, 5) is 0. The van der Waals surface area contributed by atoms with Crippen molar-refractivity contribution in [3.8, 4) is 0 Å². The van der Waals surface area contributed by atoms with E-state index in [0.717, 1.165) is 17.9 Å². The zero-order valence-electron chi connectivity index (χ0n) is 11.9. The minimum atomic E-state index is 0.763. The normalized spacial score (nSPS) is 28.2. The summed E-state index contributed by atoms with van der Waals surface area (Å²) in [5, 5.41) is 3.75. The Morgan fingerprint density at radius 2 is 1.67 bits per heavy atom. The molecule has 0 radical (unpaired) electrons. The number of rotatable bonds is 5. The standard InChI is InChI=1S/C17H27N/c1-14-11-15(2)13-17(12-14)18-10-6-9-16-7-4-3-5-8-16/h3-5,7-8,14-15,17-18H,6,9-13H2,1-2H3. The van der Waals surface area contributed by atoms with Crippen molar-refractivity contribution in [3.05, 3.63) is 35.9 Å². The van der Waals surface area contributed by atoms with Gasteiger partial charge in [0.25, 0.3) is 0 Å². The SMILES string of the molecule is CC1CC(C)CC(NCCCc2ccccc2)C1. The van der Waals surface area contributed by atoms with Crippen LogP contribution in [0.1, 0.15) is 45.1 Å². The number of nitrogens with one attached hydrogen (secondary N) is 1. The van der Waals surface area contributed by atoms with Crippen molar-refractivity contribution in [3.63, 3.8) is 0 Å². The van der Waals surface area contributed by atoms with E-state index in [2.05, 4.69) is 49.5 Å². The Bertz CT molecular complexity index is 323. The van der Waals surface area contributed by atoms with Crippen LogP contribution in [0.2, 0.25) is 0 Å². The highest BCUT2D eigenvalue weighted by atomic mass is 14.9. The minimum Gasteiger partial charge on any atom is -0.314 e. The fraction of sp³-hybridized carbons (Fsp3) is 0.647. The Balaban J connectivity index is 1.63. The van der Waals surface area contributed by atoms with Gasteiger partial charge >= 0.3 is 0 Å². The molecule has 2 atom stereocenters. The minimum absolute atomic E-state index is 0.763. The lowest BCUT2D eigenvalue weighted by Gasteiger charge is -2.32. The van der Waals surface area contributed by atoms with Crippen LogP contribution in [0.25, 0.3) is 0 Å². The van der Waals surface area contributed by atoms with E-state index in [1.165, 1.54) is 44.2 Å². The summed E-state index contributed by atoms with van der Waals surface area (Å²) in [6.07, 6.45) is 6.61. The molecule has 0 aromatic heterocycles. The van der Waals surface area contributed by atoms with Crippen molar-refractivity contribution in [1.29, 1.82) is 0 Å². The summed E-state index contributed by atoms with van der Waals surface area (Å²) >= 11 is 0. The second-order valence-corrected chi connectivity index (χ2v) is 6.16. The molecule has 0 amide bonds. The van der Waals surface area contributed by atoms with E-state index in [-0.39, 0.29) is 0 Å². The van der Waals surface area contributed by atoms with Gasteiger partial charge in [-0.1, -0.05) is 44.2 Å². The Kier molecular flexibility index (Phi) is 5.25. The highest BCUT2D eigenvalue weighted by Crippen LogP contribution is 2.28. The van der Waals surface area contributed by atoms with E-state index in [1.54, 1.807) is 0 Å². The topological polar surface area (TPSA) is 12.0 Å². The van der Waals surface area contributed by atoms with Gasteiger partial charge in [0.05, 0.1) is 0 Å². The zero-order chi connectivity index (χ0) is 12.8. The van der Waals surface area contributed by atoms with Gasteiger partial charge in [-0.2, -0.15) is 0 Å². The molecule has 2 rings (SSSR count). The predicted molar refractivity (Wildman–Crippen MR) is 78.7 cm³/mol. The average Bonchev–Trinajstić information content (AvgIpc) is 2.35. The number of hydrogen-bond donors (Lipinski definition) is 1. The summed E-state index contributed by atoms with van der Waals surface area (Å²) < 4.78 is 0. The first-order valence-electron chi connectivity index (χ1n) is 7.51. The fourth-order valence-corrected chi connectivity index (χ4v) is 3.36. The van der Waals surface area contributed by atoms with Crippen LogP contribution >= 0.6 is 0 Å². The Morgan fingerprint density at radius 3 is 2.33 bits per heavy atom.